The van der Waals surface area contributed by atoms with Gasteiger partial charge in [-0.25, -0.2) is 4.68 Å². The quantitative estimate of drug-likeness (QED) is 0.890. The van der Waals surface area contributed by atoms with Gasteiger partial charge in [-0.1, -0.05) is 0 Å². The van der Waals surface area contributed by atoms with Gasteiger partial charge in [0.2, 0.25) is 0 Å². The van der Waals surface area contributed by atoms with Crippen LogP contribution in [0.5, 0.6) is 0 Å². The van der Waals surface area contributed by atoms with Crippen molar-refractivity contribution in [1.82, 2.24) is 15.1 Å². The molecule has 1 aromatic heterocycles. The Morgan fingerprint density at radius 1 is 1.38 bits per heavy atom. The predicted molar refractivity (Wildman–Crippen MR) is 69.1 cm³/mol. The summed E-state index contributed by atoms with van der Waals surface area (Å²) in [6, 6.07) is 1.18. The summed E-state index contributed by atoms with van der Waals surface area (Å²) < 4.78 is 25.7. The van der Waals surface area contributed by atoms with Gasteiger partial charge in [-0.05, 0) is 38.7 Å². The Morgan fingerprint density at radius 3 is 2.48 bits per heavy atom. The van der Waals surface area contributed by atoms with Crippen molar-refractivity contribution in [3.8, 4) is 0 Å². The fraction of sp³-hybridized carbons (Fsp3) is 0.615. The molecule has 1 fully saturated rings. The molecule has 2 rings (SSSR count). The Hall–Kier alpha value is -1.99. The second-order valence-corrected chi connectivity index (χ2v) is 5.25. The summed E-state index contributed by atoms with van der Waals surface area (Å²) in [5.41, 5.74) is 0.165. The van der Waals surface area contributed by atoms with Crippen LogP contribution in [-0.2, 0) is 4.79 Å². The van der Waals surface area contributed by atoms with Gasteiger partial charge in [0.25, 0.3) is 5.91 Å². The monoisotopic (exact) mass is 301 g/mol. The Kier molecular flexibility index (Phi) is 4.54. The van der Waals surface area contributed by atoms with Gasteiger partial charge in [-0.2, -0.15) is 13.9 Å². The Balaban J connectivity index is 1.93. The number of amides is 1. The number of alkyl halides is 2. The van der Waals surface area contributed by atoms with Crippen molar-refractivity contribution in [1.29, 1.82) is 0 Å². The van der Waals surface area contributed by atoms with Crippen molar-refractivity contribution in [2.45, 2.75) is 45.2 Å². The first-order valence-corrected chi connectivity index (χ1v) is 6.76. The number of rotatable bonds is 4. The lowest BCUT2D eigenvalue weighted by Crippen LogP contribution is -2.38. The maximum absolute atomic E-state index is 12.6. The van der Waals surface area contributed by atoms with E-state index >= 15 is 0 Å². The van der Waals surface area contributed by atoms with Crippen molar-refractivity contribution in [2.24, 2.45) is 5.92 Å². The average molecular weight is 301 g/mol. The lowest BCUT2D eigenvalue weighted by molar-refractivity contribution is -0.142. The zero-order valence-corrected chi connectivity index (χ0v) is 11.6. The van der Waals surface area contributed by atoms with Crippen LogP contribution < -0.4 is 5.32 Å². The summed E-state index contributed by atoms with van der Waals surface area (Å²) >= 11 is 0. The number of carbonyl (C=O) groups excluding carboxylic acids is 1. The molecule has 0 atom stereocenters. The first kappa shape index (κ1) is 15.4. The fourth-order valence-electron chi connectivity index (χ4n) is 2.54. The number of carboxylic acids is 1. The number of nitrogens with zero attached hydrogens (tertiary/aromatic N) is 2. The van der Waals surface area contributed by atoms with E-state index in [4.69, 9.17) is 5.11 Å². The largest absolute Gasteiger partial charge is 0.481 e. The van der Waals surface area contributed by atoms with Gasteiger partial charge in [0.05, 0.1) is 5.92 Å². The number of hydrogen-bond donors (Lipinski definition) is 2. The summed E-state index contributed by atoms with van der Waals surface area (Å²) in [4.78, 5) is 22.8. The molecule has 116 valence electrons. The molecule has 2 N–H and O–H groups in total. The number of aliphatic carboxylic acids is 1. The van der Waals surface area contributed by atoms with E-state index in [2.05, 4.69) is 10.4 Å². The molecule has 0 aromatic carbocycles. The number of hydrogen-bond acceptors (Lipinski definition) is 3. The summed E-state index contributed by atoms with van der Waals surface area (Å²) in [7, 11) is 0. The number of halogens is 2. The summed E-state index contributed by atoms with van der Waals surface area (Å²) in [5.74, 6) is -1.68. The molecule has 1 heterocycles. The summed E-state index contributed by atoms with van der Waals surface area (Å²) in [6.07, 6.45) is 2.14. The minimum Gasteiger partial charge on any atom is -0.481 e. The van der Waals surface area contributed by atoms with E-state index in [1.54, 1.807) is 0 Å². The molecule has 0 aliphatic heterocycles. The van der Waals surface area contributed by atoms with Gasteiger partial charge in [0.15, 0.2) is 5.69 Å². The Bertz CT molecular complexity index is 537. The Morgan fingerprint density at radius 2 is 2.00 bits per heavy atom. The van der Waals surface area contributed by atoms with E-state index in [1.807, 2.05) is 0 Å². The van der Waals surface area contributed by atoms with Crippen LogP contribution in [0.4, 0.5) is 8.78 Å². The average Bonchev–Trinajstić information content (AvgIpc) is 2.81. The van der Waals surface area contributed by atoms with Crippen molar-refractivity contribution in [3.63, 3.8) is 0 Å². The van der Waals surface area contributed by atoms with Gasteiger partial charge in [-0.15, -0.1) is 0 Å². The van der Waals surface area contributed by atoms with Crippen LogP contribution in [0.25, 0.3) is 0 Å². The molecule has 1 amide bonds. The van der Waals surface area contributed by atoms with Crippen LogP contribution >= 0.6 is 0 Å². The topological polar surface area (TPSA) is 84.2 Å². The highest BCUT2D eigenvalue weighted by molar-refractivity contribution is 5.92. The smallest absolute Gasteiger partial charge is 0.333 e. The van der Waals surface area contributed by atoms with Crippen molar-refractivity contribution < 1.29 is 23.5 Å². The number of aryl methyl sites for hydroxylation is 1. The lowest BCUT2D eigenvalue weighted by atomic mass is 9.86. The molecular formula is C13H17F2N3O3. The molecule has 21 heavy (non-hydrogen) atoms. The molecule has 1 aliphatic carbocycles. The third kappa shape index (κ3) is 3.56. The van der Waals surface area contributed by atoms with Crippen LogP contribution in [0.3, 0.4) is 0 Å². The highest BCUT2D eigenvalue weighted by atomic mass is 19.3. The van der Waals surface area contributed by atoms with Crippen LogP contribution in [0.1, 0.15) is 48.4 Å². The SMILES string of the molecule is Cc1cc(C(=O)NC2CCC(C(=O)O)CC2)nn1C(F)F. The van der Waals surface area contributed by atoms with Gasteiger partial charge >= 0.3 is 12.5 Å². The molecule has 1 aromatic rings. The number of carboxylic acid groups (broad SMARTS) is 1. The third-order valence-electron chi connectivity index (χ3n) is 3.75. The van der Waals surface area contributed by atoms with E-state index in [1.165, 1.54) is 13.0 Å². The van der Waals surface area contributed by atoms with Crippen LogP contribution in [0.2, 0.25) is 0 Å². The van der Waals surface area contributed by atoms with E-state index in [9.17, 15) is 18.4 Å². The highest BCUT2D eigenvalue weighted by Crippen LogP contribution is 2.24. The van der Waals surface area contributed by atoms with E-state index in [-0.39, 0.29) is 23.3 Å². The van der Waals surface area contributed by atoms with Gasteiger partial charge in [0, 0.05) is 11.7 Å². The minimum atomic E-state index is -2.78. The van der Waals surface area contributed by atoms with Crippen LogP contribution in [0, 0.1) is 12.8 Å². The zero-order valence-electron chi connectivity index (χ0n) is 11.6. The molecule has 8 heteroatoms. The Labute approximate surface area is 120 Å². The maximum atomic E-state index is 12.6. The number of aromatic nitrogens is 2. The first-order chi connectivity index (χ1) is 9.88. The van der Waals surface area contributed by atoms with Crippen LogP contribution in [-0.4, -0.2) is 32.8 Å². The zero-order chi connectivity index (χ0) is 15.6. The third-order valence-corrected chi connectivity index (χ3v) is 3.75. The normalized spacial score (nSPS) is 22.3. The number of nitrogens with one attached hydrogen (secondary N) is 1. The van der Waals surface area contributed by atoms with E-state index in [0.717, 1.165) is 0 Å². The molecular weight excluding hydrogens is 284 g/mol. The summed E-state index contributed by atoms with van der Waals surface area (Å²) in [6.45, 7) is -1.33. The first-order valence-electron chi connectivity index (χ1n) is 6.76. The minimum absolute atomic E-state index is 0.0480. The van der Waals surface area contributed by atoms with Crippen molar-refractivity contribution in [2.75, 3.05) is 0 Å². The lowest BCUT2D eigenvalue weighted by Gasteiger charge is -2.26. The second-order valence-electron chi connectivity index (χ2n) is 5.25. The van der Waals surface area contributed by atoms with Crippen molar-refractivity contribution >= 4 is 11.9 Å². The molecule has 1 aliphatic rings. The van der Waals surface area contributed by atoms with Gasteiger partial charge in [0.1, 0.15) is 0 Å². The fourth-order valence-corrected chi connectivity index (χ4v) is 2.54. The molecule has 6 nitrogen and oxygen atoms in total. The predicted octanol–water partition coefficient (Wildman–Crippen LogP) is 1.96. The molecule has 0 saturated heterocycles. The van der Waals surface area contributed by atoms with Crippen LogP contribution in [0.15, 0.2) is 6.07 Å². The highest BCUT2D eigenvalue weighted by Gasteiger charge is 2.27. The number of carbonyl (C=O) groups is 2. The summed E-state index contributed by atoms with van der Waals surface area (Å²) in [5, 5.41) is 15.2. The molecule has 0 spiro atoms. The molecule has 0 bridgehead atoms. The van der Waals surface area contributed by atoms with Crippen molar-refractivity contribution in [3.05, 3.63) is 17.5 Å². The molecule has 0 unspecified atom stereocenters. The van der Waals surface area contributed by atoms with Gasteiger partial charge < -0.3 is 10.4 Å². The second kappa shape index (κ2) is 6.19. The van der Waals surface area contributed by atoms with E-state index in [0.29, 0.717) is 30.4 Å². The van der Waals surface area contributed by atoms with Gasteiger partial charge in [-0.3, -0.25) is 9.59 Å². The standard InChI is InChI=1S/C13H17F2N3O3/c1-7-6-10(17-18(7)13(14)15)11(19)16-9-4-2-8(3-5-9)12(20)21/h6,8-9,13H,2-5H2,1H3,(H,16,19)(H,20,21). The maximum Gasteiger partial charge on any atom is 0.333 e. The molecule has 0 radical (unpaired) electrons. The van der Waals surface area contributed by atoms with E-state index < -0.39 is 18.4 Å². The molecule has 1 saturated carbocycles.